The third kappa shape index (κ3) is 6.11. The highest BCUT2D eigenvalue weighted by atomic mass is 16.7. The van der Waals surface area contributed by atoms with Crippen molar-refractivity contribution in [1.29, 1.82) is 0 Å². The minimum atomic E-state index is -1.02. The number of hydrogen-bond acceptors (Lipinski definition) is 8. The number of rotatable bonds is 11. The van der Waals surface area contributed by atoms with Gasteiger partial charge in [-0.15, -0.1) is 6.58 Å². The van der Waals surface area contributed by atoms with Crippen molar-refractivity contribution in [2.24, 2.45) is 52.3 Å². The van der Waals surface area contributed by atoms with E-state index in [1.807, 2.05) is 13.0 Å². The summed E-state index contributed by atoms with van der Waals surface area (Å²) in [5, 5.41) is 0. The molecule has 0 aromatic rings. The van der Waals surface area contributed by atoms with Crippen LogP contribution in [0.25, 0.3) is 0 Å². The lowest BCUT2D eigenvalue weighted by molar-refractivity contribution is -0.268. The minimum Gasteiger partial charge on any atom is -0.459 e. The van der Waals surface area contributed by atoms with Crippen molar-refractivity contribution < 1.29 is 38.1 Å². The van der Waals surface area contributed by atoms with E-state index in [0.717, 1.165) is 31.3 Å². The molecule has 246 valence electrons. The molecule has 3 aliphatic carbocycles. The van der Waals surface area contributed by atoms with E-state index < -0.39 is 41.3 Å². The number of ether oxygens (including phenoxy) is 4. The fraction of sp³-hybridized carbons (Fsp3) is 0.778. The molecule has 44 heavy (non-hydrogen) atoms. The average Bonchev–Trinajstić information content (AvgIpc) is 2.93. The predicted octanol–water partition coefficient (Wildman–Crippen LogP) is 7.24. The van der Waals surface area contributed by atoms with Gasteiger partial charge in [0.1, 0.15) is 6.10 Å². The zero-order valence-corrected chi connectivity index (χ0v) is 28.1. The number of ketones is 1. The van der Waals surface area contributed by atoms with Gasteiger partial charge in [0.05, 0.1) is 6.61 Å². The van der Waals surface area contributed by atoms with Crippen molar-refractivity contribution in [3.8, 4) is 0 Å². The van der Waals surface area contributed by atoms with Crippen molar-refractivity contribution >= 4 is 23.9 Å². The summed E-state index contributed by atoms with van der Waals surface area (Å²) in [4.78, 5) is 53.5. The third-order valence-corrected chi connectivity index (χ3v) is 11.8. The van der Waals surface area contributed by atoms with Crippen molar-refractivity contribution in [2.45, 2.75) is 119 Å². The third-order valence-electron chi connectivity index (χ3n) is 11.8. The van der Waals surface area contributed by atoms with Gasteiger partial charge in [-0.3, -0.25) is 9.59 Å². The quantitative estimate of drug-likeness (QED) is 0.104. The van der Waals surface area contributed by atoms with E-state index in [0.29, 0.717) is 24.7 Å². The Labute approximate surface area is 263 Å². The molecule has 8 heteroatoms. The highest BCUT2D eigenvalue weighted by Crippen LogP contribution is 2.68. The molecular formula is C36H54O8. The molecule has 0 spiro atoms. The van der Waals surface area contributed by atoms with E-state index in [9.17, 15) is 19.2 Å². The smallest absolute Gasteiger partial charge is 0.459 e. The van der Waals surface area contributed by atoms with Gasteiger partial charge >= 0.3 is 18.1 Å². The number of carbonyl (C=O) groups is 4. The van der Waals surface area contributed by atoms with Gasteiger partial charge in [-0.05, 0) is 87.0 Å². The van der Waals surface area contributed by atoms with Gasteiger partial charge in [-0.2, -0.15) is 0 Å². The topological polar surface area (TPSA) is 105 Å². The molecule has 1 heterocycles. The van der Waals surface area contributed by atoms with Crippen LogP contribution in [0.3, 0.4) is 0 Å². The molecule has 0 bridgehead atoms. The second-order valence-electron chi connectivity index (χ2n) is 15.0. The van der Waals surface area contributed by atoms with Crippen LogP contribution in [0, 0.1) is 52.3 Å². The van der Waals surface area contributed by atoms with Gasteiger partial charge in [0, 0.05) is 23.2 Å². The van der Waals surface area contributed by atoms with Crippen LogP contribution in [0.15, 0.2) is 24.3 Å². The van der Waals surface area contributed by atoms with Gasteiger partial charge < -0.3 is 18.9 Å². The van der Waals surface area contributed by atoms with E-state index in [2.05, 4.69) is 55.0 Å². The molecule has 9 unspecified atom stereocenters. The standard InChI is InChI=1S/C36H54O8/c1-10-11-12-13-16-41-34(40)44-32-26(37)17-23(7)25-19-28-36(9)27(35(25,32)8)15-14-22(6)30(36)31(33(39)42-28)43-29(38)18-24(20(2)3)21(4)5/h10,17,20-22,24-25,27-28,30-32H,1,11-16,18-19H2,2-9H3. The Bertz CT molecular complexity index is 1150. The van der Waals surface area contributed by atoms with Gasteiger partial charge in [0.25, 0.3) is 0 Å². The average molecular weight is 615 g/mol. The number of hydrogen-bond donors (Lipinski definition) is 0. The largest absolute Gasteiger partial charge is 0.509 e. The summed E-state index contributed by atoms with van der Waals surface area (Å²) in [7, 11) is 0. The maximum Gasteiger partial charge on any atom is 0.509 e. The molecule has 8 nitrogen and oxygen atoms in total. The number of unbranched alkanes of at least 4 members (excludes halogenated alkanes) is 2. The maximum absolute atomic E-state index is 13.6. The monoisotopic (exact) mass is 614 g/mol. The van der Waals surface area contributed by atoms with Gasteiger partial charge in [-0.1, -0.05) is 60.1 Å². The fourth-order valence-electron chi connectivity index (χ4n) is 9.66. The molecule has 0 aromatic carbocycles. The normalized spacial score (nSPS) is 36.2. The zero-order chi connectivity index (χ0) is 32.6. The Morgan fingerprint density at radius 3 is 2.39 bits per heavy atom. The highest BCUT2D eigenvalue weighted by molar-refractivity contribution is 5.97. The van der Waals surface area contributed by atoms with Crippen molar-refractivity contribution in [1.82, 2.24) is 0 Å². The molecule has 4 aliphatic rings. The van der Waals surface area contributed by atoms with E-state index in [4.69, 9.17) is 18.9 Å². The number of allylic oxidation sites excluding steroid dienone is 2. The fourth-order valence-corrected chi connectivity index (χ4v) is 9.66. The van der Waals surface area contributed by atoms with E-state index in [1.165, 1.54) is 0 Å². The molecule has 0 N–H and O–H groups in total. The summed E-state index contributed by atoms with van der Waals surface area (Å²) in [6, 6.07) is 0. The van der Waals surface area contributed by atoms with Crippen LogP contribution in [-0.2, 0) is 33.3 Å². The van der Waals surface area contributed by atoms with Crippen molar-refractivity contribution in [3.05, 3.63) is 24.3 Å². The first-order chi connectivity index (χ1) is 20.7. The summed E-state index contributed by atoms with van der Waals surface area (Å²) in [6.07, 6.45) is 4.80. The molecule has 3 fully saturated rings. The Hall–Kier alpha value is -2.64. The van der Waals surface area contributed by atoms with Crippen LogP contribution < -0.4 is 0 Å². The molecule has 0 aromatic heterocycles. The molecule has 1 saturated heterocycles. The van der Waals surface area contributed by atoms with Crippen molar-refractivity contribution in [3.63, 3.8) is 0 Å². The van der Waals surface area contributed by atoms with Crippen LogP contribution in [0.2, 0.25) is 0 Å². The Morgan fingerprint density at radius 1 is 1.07 bits per heavy atom. The zero-order valence-electron chi connectivity index (χ0n) is 28.1. The first kappa shape index (κ1) is 34.2. The Morgan fingerprint density at radius 2 is 1.75 bits per heavy atom. The minimum absolute atomic E-state index is 0.0892. The van der Waals surface area contributed by atoms with E-state index in [-0.39, 0.29) is 54.4 Å². The van der Waals surface area contributed by atoms with Crippen LogP contribution in [0.4, 0.5) is 4.79 Å². The Balaban J connectivity index is 1.64. The summed E-state index contributed by atoms with van der Waals surface area (Å²) >= 11 is 0. The molecule has 2 saturated carbocycles. The lowest BCUT2D eigenvalue weighted by Gasteiger charge is -2.67. The predicted molar refractivity (Wildman–Crippen MR) is 166 cm³/mol. The molecule has 0 amide bonds. The van der Waals surface area contributed by atoms with E-state index in [1.54, 1.807) is 6.08 Å². The van der Waals surface area contributed by atoms with Crippen molar-refractivity contribution in [2.75, 3.05) is 6.61 Å². The number of fused-ring (bicyclic) bond motifs is 2. The van der Waals surface area contributed by atoms with Gasteiger partial charge in [-0.25, -0.2) is 9.59 Å². The van der Waals surface area contributed by atoms with Crippen LogP contribution in [-0.4, -0.2) is 48.8 Å². The second-order valence-corrected chi connectivity index (χ2v) is 15.0. The summed E-state index contributed by atoms with van der Waals surface area (Å²) < 4.78 is 23.6. The molecular weight excluding hydrogens is 560 g/mol. The lowest BCUT2D eigenvalue weighted by Crippen LogP contribution is -2.71. The molecule has 9 atom stereocenters. The summed E-state index contributed by atoms with van der Waals surface area (Å²) in [6.45, 7) is 20.6. The summed E-state index contributed by atoms with van der Waals surface area (Å²) in [5.74, 6) is -0.827. The first-order valence-electron chi connectivity index (χ1n) is 16.7. The van der Waals surface area contributed by atoms with Crippen LogP contribution >= 0.6 is 0 Å². The SMILES string of the molecule is C=CCCCCOC(=O)OC1C(=O)C=C(C)C2CC3OC(=O)C(OC(=O)CC(C(C)C)C(C)C)C4C(C)CCC(C21C)C34C. The highest BCUT2D eigenvalue weighted by Gasteiger charge is 2.72. The number of carbonyl (C=O) groups excluding carboxylic acids is 4. The first-order valence-corrected chi connectivity index (χ1v) is 16.7. The molecule has 1 aliphatic heterocycles. The van der Waals surface area contributed by atoms with Gasteiger partial charge in [0.2, 0.25) is 6.10 Å². The van der Waals surface area contributed by atoms with Crippen LogP contribution in [0.1, 0.15) is 100 Å². The Kier molecular flexibility index (Phi) is 10.4. The lowest BCUT2D eigenvalue weighted by atomic mass is 9.39. The number of esters is 2. The van der Waals surface area contributed by atoms with E-state index >= 15 is 0 Å². The molecule has 0 radical (unpaired) electrons. The summed E-state index contributed by atoms with van der Waals surface area (Å²) in [5.41, 5.74) is -0.434. The van der Waals surface area contributed by atoms with Crippen LogP contribution in [0.5, 0.6) is 0 Å². The molecule has 4 rings (SSSR count). The van der Waals surface area contributed by atoms with Gasteiger partial charge in [0.15, 0.2) is 11.9 Å². The maximum atomic E-state index is 13.6. The second kappa shape index (κ2) is 13.4.